The fourth-order valence-electron chi connectivity index (χ4n) is 8.92. The SMILES string of the molecule is CCCC1O[C@@H]2C[C@H]3[C@@H]4CCC5=CC(=O)C=C[C@]5(C)[C@H]4[C@@H](O)C[C@]3(C)[C@]2(C(=O)CSC2CCOC2=O)O1. The van der Waals surface area contributed by atoms with Gasteiger partial charge in [-0.15, -0.1) is 11.8 Å². The largest absolute Gasteiger partial charge is 0.465 e. The van der Waals surface area contributed by atoms with Crippen LogP contribution in [0.4, 0.5) is 0 Å². The summed E-state index contributed by atoms with van der Waals surface area (Å²) in [6, 6.07) is 0. The fourth-order valence-corrected chi connectivity index (χ4v) is 9.95. The molecule has 0 aromatic carbocycles. The number of fused-ring (bicyclic) bond motifs is 7. The molecule has 2 aliphatic heterocycles. The first-order chi connectivity index (χ1) is 17.6. The molecule has 2 unspecified atom stereocenters. The Morgan fingerprint density at radius 2 is 2.05 bits per heavy atom. The molecule has 0 radical (unpaired) electrons. The number of thioether (sulfide) groups is 1. The van der Waals surface area contributed by atoms with Crippen molar-refractivity contribution in [1.29, 1.82) is 0 Å². The highest BCUT2D eigenvalue weighted by atomic mass is 32.2. The van der Waals surface area contributed by atoms with E-state index in [4.69, 9.17) is 14.2 Å². The van der Waals surface area contributed by atoms with Crippen molar-refractivity contribution in [3.05, 3.63) is 23.8 Å². The summed E-state index contributed by atoms with van der Waals surface area (Å²) in [7, 11) is 0. The lowest BCUT2D eigenvalue weighted by atomic mass is 9.46. The van der Waals surface area contributed by atoms with Gasteiger partial charge < -0.3 is 19.3 Å². The van der Waals surface area contributed by atoms with E-state index in [9.17, 15) is 19.5 Å². The van der Waals surface area contributed by atoms with E-state index >= 15 is 0 Å². The van der Waals surface area contributed by atoms with Crippen molar-refractivity contribution >= 4 is 29.3 Å². The van der Waals surface area contributed by atoms with E-state index in [1.54, 1.807) is 12.2 Å². The van der Waals surface area contributed by atoms with Crippen LogP contribution in [-0.4, -0.2) is 64.4 Å². The highest BCUT2D eigenvalue weighted by Gasteiger charge is 2.75. The number of hydrogen-bond donors (Lipinski definition) is 1. The van der Waals surface area contributed by atoms with Gasteiger partial charge in [-0.25, -0.2) is 0 Å². The van der Waals surface area contributed by atoms with Crippen molar-refractivity contribution in [2.45, 2.75) is 95.1 Å². The van der Waals surface area contributed by atoms with Crippen molar-refractivity contribution < 1.29 is 33.7 Å². The summed E-state index contributed by atoms with van der Waals surface area (Å²) >= 11 is 1.35. The van der Waals surface area contributed by atoms with E-state index in [2.05, 4.69) is 20.8 Å². The highest BCUT2D eigenvalue weighted by Crippen LogP contribution is 2.69. The number of cyclic esters (lactones) is 1. The molecule has 6 rings (SSSR count). The predicted octanol–water partition coefficient (Wildman–Crippen LogP) is 3.77. The van der Waals surface area contributed by atoms with E-state index in [-0.39, 0.29) is 57.8 Å². The van der Waals surface area contributed by atoms with Crippen molar-refractivity contribution in [3.8, 4) is 0 Å². The zero-order valence-corrected chi connectivity index (χ0v) is 22.8. The van der Waals surface area contributed by atoms with Crippen molar-refractivity contribution in [3.63, 3.8) is 0 Å². The second kappa shape index (κ2) is 9.04. The van der Waals surface area contributed by atoms with Gasteiger partial charge in [0.25, 0.3) is 0 Å². The number of aliphatic hydroxyl groups is 1. The smallest absolute Gasteiger partial charge is 0.319 e. The van der Waals surface area contributed by atoms with Crippen LogP contribution in [0, 0.1) is 28.6 Å². The number of carbonyl (C=O) groups is 3. The van der Waals surface area contributed by atoms with Crippen LogP contribution in [-0.2, 0) is 28.6 Å². The first-order valence-corrected chi connectivity index (χ1v) is 15.0. The lowest BCUT2D eigenvalue weighted by molar-refractivity contribution is -0.197. The van der Waals surface area contributed by atoms with E-state index in [0.717, 1.165) is 31.3 Å². The number of allylic oxidation sites excluding steroid dienone is 4. The Hall–Kier alpha value is -1.48. The van der Waals surface area contributed by atoms with Crippen LogP contribution in [0.5, 0.6) is 0 Å². The average Bonchev–Trinajstić information content (AvgIpc) is 3.49. The topological polar surface area (TPSA) is 99.1 Å². The first kappa shape index (κ1) is 25.8. The van der Waals surface area contributed by atoms with E-state index < -0.39 is 23.4 Å². The Kier molecular flexibility index (Phi) is 6.30. The third kappa shape index (κ3) is 3.61. The van der Waals surface area contributed by atoms with E-state index in [1.807, 2.05) is 6.08 Å². The lowest BCUT2D eigenvalue weighted by Crippen LogP contribution is -2.63. The van der Waals surface area contributed by atoms with E-state index in [0.29, 0.717) is 25.9 Å². The monoisotopic (exact) mass is 530 g/mol. The minimum Gasteiger partial charge on any atom is -0.465 e. The number of ketones is 2. The van der Waals surface area contributed by atoms with Gasteiger partial charge in [-0.2, -0.15) is 0 Å². The number of ether oxygens (including phenoxy) is 3. The lowest BCUT2D eigenvalue weighted by Gasteiger charge is -2.59. The summed E-state index contributed by atoms with van der Waals surface area (Å²) in [6.07, 6.45) is 9.08. The Labute approximate surface area is 222 Å². The molecule has 2 saturated heterocycles. The molecule has 8 heteroatoms. The number of carbonyl (C=O) groups excluding carboxylic acids is 3. The molecule has 7 nitrogen and oxygen atoms in total. The number of aliphatic hydroxyl groups excluding tert-OH is 1. The Morgan fingerprint density at radius 3 is 2.78 bits per heavy atom. The first-order valence-electron chi connectivity index (χ1n) is 13.9. The fraction of sp³-hybridized carbons (Fsp3) is 0.759. The third-order valence-corrected chi connectivity index (χ3v) is 11.8. The molecule has 0 amide bonds. The molecule has 1 N–H and O–H groups in total. The van der Waals surface area contributed by atoms with E-state index in [1.165, 1.54) is 11.8 Å². The summed E-state index contributed by atoms with van der Waals surface area (Å²) in [6.45, 7) is 6.77. The third-order valence-electron chi connectivity index (χ3n) is 10.5. The molecule has 0 aromatic heterocycles. The van der Waals surface area contributed by atoms with Gasteiger partial charge >= 0.3 is 5.97 Å². The van der Waals surface area contributed by atoms with Gasteiger partial charge in [-0.05, 0) is 56.1 Å². The summed E-state index contributed by atoms with van der Waals surface area (Å²) in [4.78, 5) is 38.4. The van der Waals surface area contributed by atoms with Crippen molar-refractivity contribution in [1.82, 2.24) is 0 Å². The zero-order chi connectivity index (χ0) is 26.2. The minimum absolute atomic E-state index is 0.0185. The Balaban J connectivity index is 1.34. The molecule has 5 fully saturated rings. The number of Topliss-reactive ketones (excluding diaryl/α,β-unsaturated/α-hetero) is 1. The maximum atomic E-state index is 14.2. The molecule has 2 heterocycles. The predicted molar refractivity (Wildman–Crippen MR) is 138 cm³/mol. The Bertz CT molecular complexity index is 1070. The molecule has 3 saturated carbocycles. The van der Waals surface area contributed by atoms with Crippen molar-refractivity contribution in [2.24, 2.45) is 28.6 Å². The normalized spacial score (nSPS) is 48.1. The Morgan fingerprint density at radius 1 is 1.24 bits per heavy atom. The summed E-state index contributed by atoms with van der Waals surface area (Å²) in [5, 5.41) is 11.5. The van der Waals surface area contributed by atoms with Gasteiger partial charge in [0.2, 0.25) is 0 Å². The van der Waals surface area contributed by atoms with Gasteiger partial charge in [0, 0.05) is 23.2 Å². The van der Waals surface area contributed by atoms with Crippen LogP contribution in [0.25, 0.3) is 0 Å². The molecule has 6 aliphatic rings. The van der Waals surface area contributed by atoms with Crippen LogP contribution in [0.3, 0.4) is 0 Å². The van der Waals surface area contributed by atoms with Crippen LogP contribution in [0.1, 0.15) is 65.7 Å². The summed E-state index contributed by atoms with van der Waals surface area (Å²) in [5.74, 6) is 0.247. The molecular weight excluding hydrogens is 492 g/mol. The van der Waals surface area contributed by atoms with Crippen LogP contribution in [0.15, 0.2) is 23.8 Å². The maximum Gasteiger partial charge on any atom is 0.319 e. The van der Waals surface area contributed by atoms with Gasteiger partial charge in [-0.3, -0.25) is 14.4 Å². The molecule has 0 spiro atoms. The maximum absolute atomic E-state index is 14.2. The molecular formula is C29H38O7S. The molecule has 202 valence electrons. The summed E-state index contributed by atoms with van der Waals surface area (Å²) < 4.78 is 18.3. The van der Waals surface area contributed by atoms with Crippen LogP contribution >= 0.6 is 11.8 Å². The second-order valence-electron chi connectivity index (χ2n) is 12.3. The highest BCUT2D eigenvalue weighted by molar-refractivity contribution is 8.01. The van der Waals surface area contributed by atoms with Crippen molar-refractivity contribution in [2.75, 3.05) is 12.4 Å². The molecule has 4 aliphatic carbocycles. The molecule has 37 heavy (non-hydrogen) atoms. The molecule has 0 bridgehead atoms. The molecule has 0 aromatic rings. The van der Waals surface area contributed by atoms with Gasteiger partial charge in [0.15, 0.2) is 23.5 Å². The van der Waals surface area contributed by atoms with Crippen LogP contribution in [0.2, 0.25) is 0 Å². The van der Waals surface area contributed by atoms with Gasteiger partial charge in [0.1, 0.15) is 5.25 Å². The van der Waals surface area contributed by atoms with Gasteiger partial charge in [-0.1, -0.05) is 38.8 Å². The van der Waals surface area contributed by atoms with Gasteiger partial charge in [0.05, 0.1) is 24.6 Å². The minimum atomic E-state index is -1.13. The number of hydrogen-bond acceptors (Lipinski definition) is 8. The zero-order valence-electron chi connectivity index (χ0n) is 21.9. The standard InChI is InChI=1S/C29H38O7S/c1-4-5-24-35-23-13-19-18-7-6-16-12-17(30)8-10-27(16,2)25(18)20(31)14-28(19,3)29(23,36-24)22(32)15-37-21-9-11-34-26(21)33/h8,10,12,18-21,23-25,31H,4-7,9,11,13-15H2,1-3H3/t18-,19-,20-,21?,23+,24?,25+,27-,28-,29+/m0/s1. The summed E-state index contributed by atoms with van der Waals surface area (Å²) in [5.41, 5.74) is -0.963. The van der Waals surface area contributed by atoms with Crippen LogP contribution < -0.4 is 0 Å². The number of esters is 1. The number of rotatable bonds is 6. The average molecular weight is 531 g/mol. The second-order valence-corrected chi connectivity index (χ2v) is 13.5. The quantitative estimate of drug-likeness (QED) is 0.518. The molecule has 10 atom stereocenters.